The largest absolute Gasteiger partial charge is 0.394 e. The van der Waals surface area contributed by atoms with E-state index in [1.807, 2.05) is 0 Å². The summed E-state index contributed by atoms with van der Waals surface area (Å²) in [5.74, 6) is -1.01. The van der Waals surface area contributed by atoms with Gasteiger partial charge in [0, 0.05) is 50.6 Å². The summed E-state index contributed by atoms with van der Waals surface area (Å²) in [4.78, 5) is 41.0. The molecule has 0 spiro atoms. The first-order chi connectivity index (χ1) is 26.9. The predicted octanol–water partition coefficient (Wildman–Crippen LogP) is -1.89. The summed E-state index contributed by atoms with van der Waals surface area (Å²) in [5.41, 5.74) is 8.39. The van der Waals surface area contributed by atoms with Gasteiger partial charge >= 0.3 is 0 Å². The number of carbonyl (C=O) groups excluding carboxylic acids is 3. The molecule has 21 nitrogen and oxygen atoms in total. The number of hydrogen-bond acceptors (Lipinski definition) is 16. The molecule has 0 aromatic rings. The van der Waals surface area contributed by atoms with Crippen LogP contribution in [0.3, 0.4) is 0 Å². The fourth-order valence-corrected chi connectivity index (χ4v) is 6.12. The van der Waals surface area contributed by atoms with Gasteiger partial charge in [-0.3, -0.25) is 14.4 Å². The van der Waals surface area contributed by atoms with E-state index in [-0.39, 0.29) is 44.3 Å². The van der Waals surface area contributed by atoms with E-state index < -0.39 is 86.6 Å². The van der Waals surface area contributed by atoms with Gasteiger partial charge in [0.05, 0.1) is 13.2 Å². The Hall–Kier alpha value is -2.76. The number of rotatable bonds is 29. The van der Waals surface area contributed by atoms with E-state index in [0.29, 0.717) is 71.0 Å². The van der Waals surface area contributed by atoms with Crippen LogP contribution in [0.4, 0.5) is 0 Å². The molecule has 324 valence electrons. The van der Waals surface area contributed by atoms with Gasteiger partial charge < -0.3 is 75.8 Å². The van der Waals surface area contributed by atoms with Gasteiger partial charge in [-0.25, -0.2) is 0 Å². The zero-order valence-corrected chi connectivity index (χ0v) is 32.0. The number of nitrogens with one attached hydrogen (secondary N) is 3. The summed E-state index contributed by atoms with van der Waals surface area (Å²) in [6, 6.07) is -0.924. The second-order valence-electron chi connectivity index (χ2n) is 14.0. The number of carbonyl (C=O) groups is 3. The molecular formula is C35H64N6O15. The number of ether oxygens (including phenoxy) is 4. The Morgan fingerprint density at radius 3 is 1.64 bits per heavy atom. The van der Waals surface area contributed by atoms with Crippen molar-refractivity contribution in [3.05, 3.63) is 10.4 Å². The highest BCUT2D eigenvalue weighted by Gasteiger charge is 2.45. The van der Waals surface area contributed by atoms with Crippen LogP contribution in [0.25, 0.3) is 10.4 Å². The first kappa shape index (κ1) is 49.4. The molecule has 0 aromatic carbocycles. The van der Waals surface area contributed by atoms with Crippen LogP contribution in [0.1, 0.15) is 89.9 Å². The van der Waals surface area contributed by atoms with Gasteiger partial charge in [-0.2, -0.15) is 0 Å². The Labute approximate surface area is 326 Å². The van der Waals surface area contributed by atoms with Gasteiger partial charge in [0.1, 0.15) is 54.9 Å². The van der Waals surface area contributed by atoms with Crippen LogP contribution >= 0.6 is 0 Å². The molecule has 0 saturated carbocycles. The molecule has 21 heteroatoms. The third-order valence-electron chi connectivity index (χ3n) is 9.56. The van der Waals surface area contributed by atoms with Crippen LogP contribution in [-0.4, -0.2) is 172 Å². The molecule has 2 heterocycles. The summed E-state index contributed by atoms with van der Waals surface area (Å²) in [7, 11) is 0. The fourth-order valence-electron chi connectivity index (χ4n) is 6.12. The standard InChI is InChI=1S/C35H64N6O15/c36-41-39-17-9-5-6-12-26(45)40-22(33(52)38-16-8-2-4-11-19-54-35-32(51)30(49)28(47)24(21-43)56-35)13-14-25(44)37-15-7-1-3-10-18-53-34-31(50)29(48)27(46)23(20-42)55-34/h22-24,27-32,34-35,42-43,46-51H,1-21H2,(H,37,44)(H,38,52)(H,40,45)/t22?,23-,24-,27-,28-,29?,30?,31?,32?,34+,35+/m1/s1. The van der Waals surface area contributed by atoms with Crippen molar-refractivity contribution in [3.63, 3.8) is 0 Å². The SMILES string of the molecule is [N-]=[N+]=NCCCCCC(=O)NC(CCC(=O)NCCCCCCO[C@H]1O[C@H](CO)[C@@H](O)C(O)C1O)C(=O)NCCCCCCO[C@H]1O[C@H](CO)[C@@H](O)C(O)C1O. The topological polar surface area (TPSA) is 335 Å². The van der Waals surface area contributed by atoms with Crippen molar-refractivity contribution in [3.8, 4) is 0 Å². The molecule has 11 atom stereocenters. The molecule has 3 amide bonds. The molecule has 5 unspecified atom stereocenters. The van der Waals surface area contributed by atoms with E-state index >= 15 is 0 Å². The molecule has 2 aliphatic heterocycles. The van der Waals surface area contributed by atoms with Gasteiger partial charge in [0.2, 0.25) is 17.7 Å². The Kier molecular flexibility index (Phi) is 25.2. The van der Waals surface area contributed by atoms with Crippen LogP contribution in [0.5, 0.6) is 0 Å². The number of amides is 3. The number of unbranched alkanes of at least 4 members (excludes halogenated alkanes) is 8. The second kappa shape index (κ2) is 28.6. The maximum absolute atomic E-state index is 13.1. The molecule has 11 N–H and O–H groups in total. The maximum Gasteiger partial charge on any atom is 0.242 e. The van der Waals surface area contributed by atoms with Crippen LogP contribution in [0, 0.1) is 0 Å². The minimum atomic E-state index is -1.51. The fraction of sp³-hybridized carbons (Fsp3) is 0.914. The van der Waals surface area contributed by atoms with Crippen molar-refractivity contribution in [2.24, 2.45) is 5.11 Å². The summed E-state index contributed by atoms with van der Waals surface area (Å²) in [6.45, 7) is 0.392. The second-order valence-corrected chi connectivity index (χ2v) is 14.0. The lowest BCUT2D eigenvalue weighted by Crippen LogP contribution is -2.59. The van der Waals surface area contributed by atoms with Crippen LogP contribution < -0.4 is 16.0 Å². The number of aliphatic hydroxyl groups is 8. The van der Waals surface area contributed by atoms with Crippen LogP contribution in [0.15, 0.2) is 5.11 Å². The summed E-state index contributed by atoms with van der Waals surface area (Å²) < 4.78 is 21.6. The molecule has 2 saturated heterocycles. The van der Waals surface area contributed by atoms with Crippen molar-refractivity contribution in [2.75, 3.05) is 46.1 Å². The quantitative estimate of drug-likeness (QED) is 0.0170. The molecule has 0 aliphatic carbocycles. The highest BCUT2D eigenvalue weighted by molar-refractivity contribution is 5.88. The summed E-state index contributed by atoms with van der Waals surface area (Å²) >= 11 is 0. The first-order valence-corrected chi connectivity index (χ1v) is 19.6. The van der Waals surface area contributed by atoms with Crippen molar-refractivity contribution in [1.82, 2.24) is 16.0 Å². The highest BCUT2D eigenvalue weighted by atomic mass is 16.7. The predicted molar refractivity (Wildman–Crippen MR) is 196 cm³/mol. The minimum Gasteiger partial charge on any atom is -0.394 e. The van der Waals surface area contributed by atoms with E-state index in [9.17, 15) is 55.2 Å². The average molecular weight is 809 g/mol. The number of aliphatic hydroxyl groups excluding tert-OH is 8. The smallest absolute Gasteiger partial charge is 0.242 e. The first-order valence-electron chi connectivity index (χ1n) is 19.6. The summed E-state index contributed by atoms with van der Waals surface area (Å²) in [5, 5.41) is 90.0. The third-order valence-corrected chi connectivity index (χ3v) is 9.56. The Morgan fingerprint density at radius 1 is 0.625 bits per heavy atom. The molecule has 56 heavy (non-hydrogen) atoms. The molecule has 2 rings (SSSR count). The van der Waals surface area contributed by atoms with E-state index in [1.54, 1.807) is 0 Å². The van der Waals surface area contributed by atoms with Gasteiger partial charge in [-0.05, 0) is 50.5 Å². The molecule has 2 aliphatic rings. The maximum atomic E-state index is 13.1. The van der Waals surface area contributed by atoms with Crippen molar-refractivity contribution in [1.29, 1.82) is 0 Å². The van der Waals surface area contributed by atoms with Gasteiger partial charge in [0.15, 0.2) is 12.6 Å². The Morgan fingerprint density at radius 2 is 1.12 bits per heavy atom. The molecule has 2 fully saturated rings. The minimum absolute atomic E-state index is 0.00587. The Bertz CT molecular complexity index is 1170. The van der Waals surface area contributed by atoms with E-state index in [2.05, 4.69) is 26.0 Å². The van der Waals surface area contributed by atoms with Crippen LogP contribution in [-0.2, 0) is 33.3 Å². The molecule has 0 radical (unpaired) electrons. The molecule has 0 aromatic heterocycles. The normalized spacial score (nSPS) is 28.2. The van der Waals surface area contributed by atoms with E-state index in [1.165, 1.54) is 0 Å². The van der Waals surface area contributed by atoms with E-state index in [4.69, 9.17) is 24.5 Å². The lowest BCUT2D eigenvalue weighted by molar-refractivity contribution is -0.301. The van der Waals surface area contributed by atoms with Crippen molar-refractivity contribution >= 4 is 17.7 Å². The van der Waals surface area contributed by atoms with Gasteiger partial charge in [-0.1, -0.05) is 37.2 Å². The Balaban J connectivity index is 1.67. The average Bonchev–Trinajstić information content (AvgIpc) is 3.19. The van der Waals surface area contributed by atoms with Crippen molar-refractivity contribution < 1.29 is 74.2 Å². The third kappa shape index (κ3) is 18.2. The lowest BCUT2D eigenvalue weighted by Gasteiger charge is -2.39. The zero-order chi connectivity index (χ0) is 41.3. The van der Waals surface area contributed by atoms with Gasteiger partial charge in [0.25, 0.3) is 0 Å². The zero-order valence-electron chi connectivity index (χ0n) is 32.0. The lowest BCUT2D eigenvalue weighted by atomic mass is 9.99. The molecule has 0 bridgehead atoms. The highest BCUT2D eigenvalue weighted by Crippen LogP contribution is 2.23. The summed E-state index contributed by atoms with van der Waals surface area (Å²) in [6.07, 6.45) is -5.77. The number of azide groups is 1. The number of nitrogens with zero attached hydrogens (tertiary/aromatic N) is 3. The monoisotopic (exact) mass is 808 g/mol. The van der Waals surface area contributed by atoms with Crippen molar-refractivity contribution in [2.45, 2.75) is 157 Å². The number of hydrogen-bond donors (Lipinski definition) is 11. The van der Waals surface area contributed by atoms with E-state index in [0.717, 1.165) is 19.3 Å². The molecular weight excluding hydrogens is 744 g/mol. The van der Waals surface area contributed by atoms with Gasteiger partial charge in [-0.15, -0.1) is 0 Å². The van der Waals surface area contributed by atoms with Crippen LogP contribution in [0.2, 0.25) is 0 Å².